The van der Waals surface area contributed by atoms with Gasteiger partial charge in [0.25, 0.3) is 0 Å². The first-order valence-corrected chi connectivity index (χ1v) is 11.1. The Bertz CT molecular complexity index is 919. The van der Waals surface area contributed by atoms with Crippen molar-refractivity contribution in [3.8, 4) is 0 Å². The molecule has 34 heavy (non-hydrogen) atoms. The fraction of sp³-hybridized carbons (Fsp3) is 0.360. The number of hydrogen-bond acceptors (Lipinski definition) is 6. The number of amides is 2. The van der Waals surface area contributed by atoms with Crippen LogP contribution in [-0.4, -0.2) is 41.6 Å². The maximum atomic E-state index is 12.6. The predicted molar refractivity (Wildman–Crippen MR) is 124 cm³/mol. The van der Waals surface area contributed by atoms with Gasteiger partial charge in [-0.3, -0.25) is 9.59 Å². The van der Waals surface area contributed by atoms with Gasteiger partial charge in [-0.1, -0.05) is 60.7 Å². The highest BCUT2D eigenvalue weighted by Crippen LogP contribution is 2.08. The number of carbonyl (C=O) groups excluding carboxylic acids is 3. The molecule has 0 aliphatic carbocycles. The molecule has 0 aliphatic heterocycles. The van der Waals surface area contributed by atoms with Crippen LogP contribution in [-0.2, 0) is 37.1 Å². The first-order valence-electron chi connectivity index (χ1n) is 11.1. The summed E-state index contributed by atoms with van der Waals surface area (Å²) >= 11 is 0. The van der Waals surface area contributed by atoms with Gasteiger partial charge in [-0.2, -0.15) is 0 Å². The number of esters is 1. The second-order valence-corrected chi connectivity index (χ2v) is 7.59. The smallest absolute Gasteiger partial charge is 0.408 e. The molecule has 182 valence electrons. The van der Waals surface area contributed by atoms with E-state index in [1.807, 2.05) is 60.7 Å². The first-order chi connectivity index (χ1) is 16.4. The second kappa shape index (κ2) is 15.0. The minimum Gasteiger partial charge on any atom is -0.481 e. The molecule has 0 aromatic heterocycles. The molecule has 0 saturated heterocycles. The minimum absolute atomic E-state index is 0.0703. The number of carbonyl (C=O) groups is 4. The number of hydrogen-bond donors (Lipinski definition) is 3. The van der Waals surface area contributed by atoms with Crippen molar-refractivity contribution < 1.29 is 33.8 Å². The molecule has 0 bridgehead atoms. The molecule has 0 fully saturated rings. The SMILES string of the molecule is O=C(O)CCC(=O)NCCCC[C@H](NC(=O)OCc1ccccc1)C(=O)OCc1ccccc1. The van der Waals surface area contributed by atoms with Crippen LogP contribution in [0.4, 0.5) is 4.79 Å². The Kier molecular flexibility index (Phi) is 11.7. The van der Waals surface area contributed by atoms with Crippen LogP contribution >= 0.6 is 0 Å². The molecule has 3 N–H and O–H groups in total. The van der Waals surface area contributed by atoms with Gasteiger partial charge in [-0.15, -0.1) is 0 Å². The summed E-state index contributed by atoms with van der Waals surface area (Å²) in [6.07, 6.45) is 0.312. The zero-order valence-corrected chi connectivity index (χ0v) is 18.9. The Morgan fingerprint density at radius 1 is 0.794 bits per heavy atom. The van der Waals surface area contributed by atoms with E-state index >= 15 is 0 Å². The molecule has 0 aliphatic rings. The average Bonchev–Trinajstić information content (AvgIpc) is 2.85. The van der Waals surface area contributed by atoms with Gasteiger partial charge in [0.2, 0.25) is 5.91 Å². The van der Waals surface area contributed by atoms with Crippen molar-refractivity contribution in [2.75, 3.05) is 6.54 Å². The molecule has 2 amide bonds. The maximum Gasteiger partial charge on any atom is 0.408 e. The van der Waals surface area contributed by atoms with E-state index < -0.39 is 24.1 Å². The van der Waals surface area contributed by atoms with Crippen LogP contribution in [0.15, 0.2) is 60.7 Å². The Hall–Kier alpha value is -3.88. The lowest BCUT2D eigenvalue weighted by atomic mass is 10.1. The maximum absolute atomic E-state index is 12.6. The van der Waals surface area contributed by atoms with E-state index in [1.165, 1.54) is 0 Å². The van der Waals surface area contributed by atoms with Crippen molar-refractivity contribution in [1.82, 2.24) is 10.6 Å². The number of ether oxygens (including phenoxy) is 2. The standard InChI is InChI=1S/C25H30N2O7/c28-22(14-15-23(29)30)26-16-8-7-13-21(24(31)33-17-19-9-3-1-4-10-19)27-25(32)34-18-20-11-5-2-6-12-20/h1-6,9-12,21H,7-8,13-18H2,(H,26,28)(H,27,32)(H,29,30)/t21-/m0/s1. The van der Waals surface area contributed by atoms with Crippen LogP contribution in [0.1, 0.15) is 43.2 Å². The highest BCUT2D eigenvalue weighted by molar-refractivity contribution is 5.81. The molecule has 1 atom stereocenters. The predicted octanol–water partition coefficient (Wildman–Crippen LogP) is 3.18. The molecule has 2 rings (SSSR count). The number of carboxylic acid groups (broad SMARTS) is 1. The van der Waals surface area contributed by atoms with Gasteiger partial charge in [0.1, 0.15) is 19.3 Å². The third-order valence-electron chi connectivity index (χ3n) is 4.82. The first kappa shape index (κ1) is 26.4. The molecule has 0 radical (unpaired) electrons. The summed E-state index contributed by atoms with van der Waals surface area (Å²) in [5.41, 5.74) is 1.64. The van der Waals surface area contributed by atoms with E-state index in [-0.39, 0.29) is 32.0 Å². The molecule has 2 aromatic rings. The monoisotopic (exact) mass is 470 g/mol. The summed E-state index contributed by atoms with van der Waals surface area (Å²) in [5.74, 6) is -1.95. The lowest BCUT2D eigenvalue weighted by Crippen LogP contribution is -2.42. The number of unbranched alkanes of at least 4 members (excludes halogenated alkanes) is 1. The molecular weight excluding hydrogens is 440 g/mol. The molecule has 0 heterocycles. The highest BCUT2D eigenvalue weighted by Gasteiger charge is 2.23. The summed E-state index contributed by atoms with van der Waals surface area (Å²) in [7, 11) is 0. The molecule has 2 aromatic carbocycles. The van der Waals surface area contributed by atoms with Crippen molar-refractivity contribution >= 4 is 23.9 Å². The third-order valence-corrected chi connectivity index (χ3v) is 4.82. The normalized spacial score (nSPS) is 11.2. The van der Waals surface area contributed by atoms with Gasteiger partial charge in [0.15, 0.2) is 0 Å². The van der Waals surface area contributed by atoms with Gasteiger partial charge < -0.3 is 25.2 Å². The molecule has 0 spiro atoms. The Morgan fingerprint density at radius 3 is 1.97 bits per heavy atom. The third kappa shape index (κ3) is 11.1. The lowest BCUT2D eigenvalue weighted by molar-refractivity contribution is -0.147. The second-order valence-electron chi connectivity index (χ2n) is 7.59. The summed E-state index contributed by atoms with van der Waals surface area (Å²) in [5, 5.41) is 13.8. The summed E-state index contributed by atoms with van der Waals surface area (Å²) in [4.78, 5) is 47.0. The van der Waals surface area contributed by atoms with Crippen LogP contribution in [0.3, 0.4) is 0 Å². The number of nitrogens with one attached hydrogen (secondary N) is 2. The Morgan fingerprint density at radius 2 is 1.38 bits per heavy atom. The fourth-order valence-electron chi connectivity index (χ4n) is 3.00. The van der Waals surface area contributed by atoms with E-state index in [2.05, 4.69) is 10.6 Å². The Balaban J connectivity index is 1.81. The van der Waals surface area contributed by atoms with E-state index in [0.717, 1.165) is 11.1 Å². The van der Waals surface area contributed by atoms with Crippen LogP contribution in [0.2, 0.25) is 0 Å². The van der Waals surface area contributed by atoms with Crippen LogP contribution < -0.4 is 10.6 Å². The summed E-state index contributed by atoms with van der Waals surface area (Å²) in [6, 6.07) is 17.5. The highest BCUT2D eigenvalue weighted by atomic mass is 16.6. The van der Waals surface area contributed by atoms with E-state index in [0.29, 0.717) is 25.8 Å². The molecule has 0 saturated carbocycles. The molecule has 9 nitrogen and oxygen atoms in total. The number of benzene rings is 2. The van der Waals surface area contributed by atoms with Gasteiger partial charge >= 0.3 is 18.0 Å². The van der Waals surface area contributed by atoms with Gasteiger partial charge in [-0.25, -0.2) is 9.59 Å². The van der Waals surface area contributed by atoms with Crippen LogP contribution in [0.5, 0.6) is 0 Å². The van der Waals surface area contributed by atoms with Crippen LogP contribution in [0.25, 0.3) is 0 Å². The van der Waals surface area contributed by atoms with E-state index in [1.54, 1.807) is 0 Å². The zero-order valence-electron chi connectivity index (χ0n) is 18.9. The Labute approximate surface area is 198 Å². The van der Waals surface area contributed by atoms with Gasteiger partial charge in [-0.05, 0) is 30.4 Å². The average molecular weight is 471 g/mol. The fourth-order valence-corrected chi connectivity index (χ4v) is 3.00. The van der Waals surface area contributed by atoms with E-state index in [4.69, 9.17) is 14.6 Å². The molecule has 9 heteroatoms. The minimum atomic E-state index is -1.03. The number of alkyl carbamates (subject to hydrolysis) is 1. The van der Waals surface area contributed by atoms with Gasteiger partial charge in [0.05, 0.1) is 6.42 Å². The van der Waals surface area contributed by atoms with E-state index in [9.17, 15) is 19.2 Å². The molecular formula is C25H30N2O7. The largest absolute Gasteiger partial charge is 0.481 e. The lowest BCUT2D eigenvalue weighted by Gasteiger charge is -2.18. The van der Waals surface area contributed by atoms with Gasteiger partial charge in [0, 0.05) is 13.0 Å². The van der Waals surface area contributed by atoms with Crippen molar-refractivity contribution in [1.29, 1.82) is 0 Å². The topological polar surface area (TPSA) is 131 Å². The molecule has 0 unspecified atom stereocenters. The van der Waals surface area contributed by atoms with Crippen molar-refractivity contribution in [2.24, 2.45) is 0 Å². The van der Waals surface area contributed by atoms with Crippen LogP contribution in [0, 0.1) is 0 Å². The van der Waals surface area contributed by atoms with Crippen molar-refractivity contribution in [3.63, 3.8) is 0 Å². The number of carboxylic acids is 1. The quantitative estimate of drug-likeness (QED) is 0.285. The summed E-state index contributed by atoms with van der Waals surface area (Å²) < 4.78 is 10.6. The zero-order chi connectivity index (χ0) is 24.6. The van der Waals surface area contributed by atoms with Crippen molar-refractivity contribution in [3.05, 3.63) is 71.8 Å². The summed E-state index contributed by atoms with van der Waals surface area (Å²) in [6.45, 7) is 0.486. The number of aliphatic carboxylic acids is 1. The number of rotatable bonds is 14. The van der Waals surface area contributed by atoms with Crippen molar-refractivity contribution in [2.45, 2.75) is 51.4 Å².